The van der Waals surface area contributed by atoms with Gasteiger partial charge in [-0.15, -0.1) is 0 Å². The second kappa shape index (κ2) is 8.56. The molecule has 4 rings (SSSR count). The Morgan fingerprint density at radius 1 is 0.655 bits per heavy atom. The molecule has 0 aliphatic heterocycles. The number of hydrogen-bond acceptors (Lipinski definition) is 0. The Labute approximate surface area is 177 Å². The van der Waals surface area contributed by atoms with Crippen molar-refractivity contribution in [1.29, 1.82) is 0 Å². The molecule has 0 nitrogen and oxygen atoms in total. The lowest BCUT2D eigenvalue weighted by Gasteiger charge is -2.37. The predicted molar refractivity (Wildman–Crippen MR) is 132 cm³/mol. The summed E-state index contributed by atoms with van der Waals surface area (Å²) in [6, 6.07) is 31.1. The van der Waals surface area contributed by atoms with Crippen molar-refractivity contribution in [3.8, 4) is 0 Å². The lowest BCUT2D eigenvalue weighted by molar-refractivity contribution is 0.785. The topological polar surface area (TPSA) is 0 Å². The van der Waals surface area contributed by atoms with E-state index >= 15 is 0 Å². The van der Waals surface area contributed by atoms with E-state index in [2.05, 4.69) is 130 Å². The third kappa shape index (κ3) is 4.31. The van der Waals surface area contributed by atoms with Crippen LogP contribution >= 0.6 is 7.92 Å². The summed E-state index contributed by atoms with van der Waals surface area (Å²) < 4.78 is 0. The highest BCUT2D eigenvalue weighted by Gasteiger charge is 2.35. The molecule has 29 heavy (non-hydrogen) atoms. The van der Waals surface area contributed by atoms with Crippen LogP contribution in [-0.4, -0.2) is 17.5 Å². The summed E-state index contributed by atoms with van der Waals surface area (Å²) in [5, 5.41) is 1.74. The maximum atomic E-state index is 2.40. The molecule has 0 aromatic heterocycles. The maximum Gasteiger partial charge on any atom is 0.242 e. The molecule has 1 atom stereocenters. The van der Waals surface area contributed by atoms with Gasteiger partial charge in [-0.1, -0.05) is 154 Å². The Morgan fingerprint density at radius 3 is 1.66 bits per heavy atom. The van der Waals surface area contributed by atoms with Crippen molar-refractivity contribution >= 4 is 36.3 Å². The van der Waals surface area contributed by atoms with Gasteiger partial charge in [0.05, 0.1) is 0 Å². The molecular formula is C27H28BP. The molecule has 144 valence electrons. The quantitative estimate of drug-likeness (QED) is 0.438. The van der Waals surface area contributed by atoms with E-state index < -0.39 is 7.92 Å². The molecular weight excluding hydrogens is 366 g/mol. The first-order chi connectivity index (χ1) is 14.1. The van der Waals surface area contributed by atoms with Crippen LogP contribution < -0.4 is 21.7 Å². The highest BCUT2D eigenvalue weighted by atomic mass is 31.1. The summed E-state index contributed by atoms with van der Waals surface area (Å²) >= 11 is 0. The fourth-order valence-electron chi connectivity index (χ4n) is 4.36. The van der Waals surface area contributed by atoms with Gasteiger partial charge >= 0.3 is 0 Å². The average molecular weight is 394 g/mol. The van der Waals surface area contributed by atoms with Crippen LogP contribution in [0.3, 0.4) is 0 Å². The number of hydrogen-bond donors (Lipinski definition) is 0. The van der Waals surface area contributed by atoms with Gasteiger partial charge in [0.2, 0.25) is 6.71 Å². The minimum atomic E-state index is -0.406. The molecule has 0 amide bonds. The summed E-state index contributed by atoms with van der Waals surface area (Å²) in [5.41, 5.74) is 4.65. The molecule has 1 aliphatic rings. The minimum Gasteiger partial charge on any atom is -0.0730 e. The van der Waals surface area contributed by atoms with Crippen LogP contribution in [0.2, 0.25) is 0 Å². The number of rotatable bonds is 5. The molecule has 0 bridgehead atoms. The van der Waals surface area contributed by atoms with Crippen molar-refractivity contribution < 1.29 is 0 Å². The van der Waals surface area contributed by atoms with Crippen LogP contribution in [0.5, 0.6) is 0 Å². The molecule has 1 unspecified atom stereocenters. The molecule has 3 aromatic rings. The smallest absolute Gasteiger partial charge is 0.0730 e. The SMILES string of the molecule is CC(C)(C)P(c1ccccc1B(c1ccccc1)c1ccccc1)C1C=CC=C1. The molecule has 1 aliphatic carbocycles. The average Bonchev–Trinajstić information content (AvgIpc) is 3.24. The Kier molecular flexibility index (Phi) is 5.88. The second-order valence-electron chi connectivity index (χ2n) is 8.61. The van der Waals surface area contributed by atoms with E-state index in [9.17, 15) is 0 Å². The Balaban J connectivity index is 1.91. The maximum absolute atomic E-state index is 2.40. The Hall–Kier alpha value is -2.37. The van der Waals surface area contributed by atoms with Crippen molar-refractivity contribution in [3.05, 3.63) is 109 Å². The fraction of sp³-hybridized carbons (Fsp3) is 0.185. The molecule has 0 radical (unpaired) electrons. The van der Waals surface area contributed by atoms with Crippen LogP contribution in [0.15, 0.2) is 109 Å². The van der Waals surface area contributed by atoms with Crippen LogP contribution in [-0.2, 0) is 0 Å². The van der Waals surface area contributed by atoms with E-state index in [4.69, 9.17) is 0 Å². The zero-order valence-electron chi connectivity index (χ0n) is 17.5. The first kappa shape index (κ1) is 19.9. The fourth-order valence-corrected chi connectivity index (χ4v) is 7.56. The first-order valence-electron chi connectivity index (χ1n) is 10.4. The zero-order chi connectivity index (χ0) is 20.3. The first-order valence-corrected chi connectivity index (χ1v) is 11.8. The molecule has 0 heterocycles. The molecule has 2 heteroatoms. The summed E-state index contributed by atoms with van der Waals surface area (Å²) in [4.78, 5) is 0. The van der Waals surface area contributed by atoms with Gasteiger partial charge in [-0.2, -0.15) is 0 Å². The zero-order valence-corrected chi connectivity index (χ0v) is 18.4. The molecule has 0 N–H and O–H groups in total. The standard InChI is InChI=1S/C27H28BP/c1-27(2,3)29(24-18-10-11-19-24)26-21-13-12-20-25(26)28(22-14-6-4-7-15-22)23-16-8-5-9-17-23/h4-21,24H,1-3H3. The van der Waals surface area contributed by atoms with E-state index in [1.807, 2.05) is 0 Å². The van der Waals surface area contributed by atoms with Gasteiger partial charge < -0.3 is 0 Å². The molecule has 0 saturated carbocycles. The summed E-state index contributed by atoms with van der Waals surface area (Å²) in [6.45, 7) is 7.44. The minimum absolute atomic E-state index is 0.215. The number of allylic oxidation sites excluding steroid dienone is 4. The van der Waals surface area contributed by atoms with E-state index in [0.717, 1.165) is 0 Å². The van der Waals surface area contributed by atoms with E-state index in [-0.39, 0.29) is 11.9 Å². The molecule has 0 fully saturated rings. The van der Waals surface area contributed by atoms with Crippen LogP contribution in [0, 0.1) is 0 Å². The Morgan fingerprint density at radius 2 is 1.14 bits per heavy atom. The predicted octanol–water partition coefficient (Wildman–Crippen LogP) is 4.60. The normalized spacial score (nSPS) is 14.9. The van der Waals surface area contributed by atoms with Gasteiger partial charge in [-0.05, 0) is 10.5 Å². The third-order valence-corrected chi connectivity index (χ3v) is 8.83. The van der Waals surface area contributed by atoms with Crippen molar-refractivity contribution in [1.82, 2.24) is 0 Å². The van der Waals surface area contributed by atoms with Gasteiger partial charge in [0, 0.05) is 5.66 Å². The van der Waals surface area contributed by atoms with Gasteiger partial charge in [0.25, 0.3) is 0 Å². The molecule has 3 aromatic carbocycles. The van der Waals surface area contributed by atoms with E-state index in [0.29, 0.717) is 5.66 Å². The monoisotopic (exact) mass is 394 g/mol. The Bertz CT molecular complexity index is 948. The van der Waals surface area contributed by atoms with Crippen molar-refractivity contribution in [2.45, 2.75) is 31.6 Å². The van der Waals surface area contributed by atoms with Gasteiger partial charge in [0.15, 0.2) is 0 Å². The van der Waals surface area contributed by atoms with Gasteiger partial charge in [-0.3, -0.25) is 0 Å². The van der Waals surface area contributed by atoms with Gasteiger partial charge in [-0.25, -0.2) is 0 Å². The van der Waals surface area contributed by atoms with Crippen molar-refractivity contribution in [2.75, 3.05) is 0 Å². The van der Waals surface area contributed by atoms with E-state index in [1.165, 1.54) is 21.7 Å². The van der Waals surface area contributed by atoms with Gasteiger partial charge in [0.1, 0.15) is 0 Å². The third-order valence-electron chi connectivity index (χ3n) is 5.52. The summed E-state index contributed by atoms with van der Waals surface area (Å²) in [5.74, 6) is 0. The lowest BCUT2D eigenvalue weighted by Crippen LogP contribution is -2.57. The van der Waals surface area contributed by atoms with Crippen molar-refractivity contribution in [3.63, 3.8) is 0 Å². The summed E-state index contributed by atoms with van der Waals surface area (Å²) in [7, 11) is -0.406. The van der Waals surface area contributed by atoms with E-state index in [1.54, 1.807) is 0 Å². The lowest BCUT2D eigenvalue weighted by atomic mass is 9.37. The largest absolute Gasteiger partial charge is 0.242 e. The van der Waals surface area contributed by atoms with Crippen LogP contribution in [0.1, 0.15) is 20.8 Å². The van der Waals surface area contributed by atoms with Crippen LogP contribution in [0.25, 0.3) is 0 Å². The molecule has 0 spiro atoms. The van der Waals surface area contributed by atoms with Crippen LogP contribution in [0.4, 0.5) is 0 Å². The number of benzene rings is 3. The summed E-state index contributed by atoms with van der Waals surface area (Å²) in [6.07, 6.45) is 9.18. The highest BCUT2D eigenvalue weighted by Crippen LogP contribution is 2.53. The molecule has 0 saturated heterocycles. The van der Waals surface area contributed by atoms with Crippen molar-refractivity contribution in [2.24, 2.45) is 0 Å². The highest BCUT2D eigenvalue weighted by molar-refractivity contribution is 7.68. The second-order valence-corrected chi connectivity index (χ2v) is 11.8.